The van der Waals surface area contributed by atoms with Crippen LogP contribution < -0.4 is 20.0 Å². The minimum atomic E-state index is -0.323. The number of rotatable bonds is 6. The number of fused-ring (bicyclic) bond motifs is 3. The SMILES string of the molecule is CCCc1cc(=O)oc2c3c(c(Cl)cc12)OC[NH+](CCc1ccc(OC)cc1)C3. The maximum Gasteiger partial charge on any atom is 0.336 e. The van der Waals surface area contributed by atoms with Crippen LogP contribution in [-0.2, 0) is 19.4 Å². The van der Waals surface area contributed by atoms with Crippen molar-refractivity contribution in [3.8, 4) is 11.5 Å². The van der Waals surface area contributed by atoms with E-state index < -0.39 is 0 Å². The summed E-state index contributed by atoms with van der Waals surface area (Å²) >= 11 is 6.52. The lowest BCUT2D eigenvalue weighted by Gasteiger charge is -2.27. The van der Waals surface area contributed by atoms with Crippen LogP contribution in [0.3, 0.4) is 0 Å². The molecule has 0 aliphatic carbocycles. The molecule has 3 aromatic rings. The third-order valence-corrected chi connectivity index (χ3v) is 5.70. The third kappa shape index (κ3) is 4.11. The largest absolute Gasteiger partial charge is 0.497 e. The van der Waals surface area contributed by atoms with Gasteiger partial charge in [0.2, 0.25) is 6.73 Å². The average Bonchev–Trinajstić information content (AvgIpc) is 2.73. The summed E-state index contributed by atoms with van der Waals surface area (Å²) in [7, 11) is 1.67. The highest BCUT2D eigenvalue weighted by atomic mass is 35.5. The van der Waals surface area contributed by atoms with Crippen LogP contribution in [0.5, 0.6) is 11.5 Å². The molecule has 0 saturated carbocycles. The van der Waals surface area contributed by atoms with Gasteiger partial charge in [-0.15, -0.1) is 0 Å². The van der Waals surface area contributed by atoms with Crippen molar-refractivity contribution >= 4 is 22.6 Å². The minimum absolute atomic E-state index is 0.323. The van der Waals surface area contributed by atoms with Gasteiger partial charge in [0, 0.05) is 17.9 Å². The molecule has 1 aromatic heterocycles. The zero-order valence-electron chi connectivity index (χ0n) is 16.7. The lowest BCUT2D eigenvalue weighted by Crippen LogP contribution is -3.12. The quantitative estimate of drug-likeness (QED) is 0.628. The second-order valence-electron chi connectivity index (χ2n) is 7.45. The fourth-order valence-electron chi connectivity index (χ4n) is 3.91. The molecule has 2 aromatic carbocycles. The summed E-state index contributed by atoms with van der Waals surface area (Å²) in [6.45, 7) is 4.24. The van der Waals surface area contributed by atoms with Crippen LogP contribution >= 0.6 is 11.6 Å². The van der Waals surface area contributed by atoms with Crippen molar-refractivity contribution in [2.24, 2.45) is 0 Å². The lowest BCUT2D eigenvalue weighted by molar-refractivity contribution is -0.932. The molecule has 0 amide bonds. The minimum Gasteiger partial charge on any atom is -0.497 e. The molecule has 1 N–H and O–H groups in total. The highest BCUT2D eigenvalue weighted by Crippen LogP contribution is 2.37. The molecule has 6 heteroatoms. The molecule has 1 atom stereocenters. The van der Waals surface area contributed by atoms with Crippen LogP contribution in [0.2, 0.25) is 5.02 Å². The molecular weight excluding hydrogens is 390 g/mol. The summed E-state index contributed by atoms with van der Waals surface area (Å²) in [6, 6.07) is 11.6. The number of methoxy groups -OCH3 is 1. The first-order chi connectivity index (χ1) is 14.1. The normalized spacial score (nSPS) is 15.8. The molecule has 5 nitrogen and oxygen atoms in total. The molecule has 1 unspecified atom stereocenters. The van der Waals surface area contributed by atoms with Crippen LogP contribution in [0.15, 0.2) is 45.6 Å². The van der Waals surface area contributed by atoms with Crippen LogP contribution in [-0.4, -0.2) is 20.4 Å². The topological polar surface area (TPSA) is 53.1 Å². The van der Waals surface area contributed by atoms with Gasteiger partial charge in [0.05, 0.1) is 24.2 Å². The van der Waals surface area contributed by atoms with Crippen molar-refractivity contribution in [3.05, 3.63) is 68.5 Å². The molecule has 0 bridgehead atoms. The Bertz CT molecular complexity index is 1070. The molecule has 4 rings (SSSR count). The summed E-state index contributed by atoms with van der Waals surface area (Å²) in [4.78, 5) is 13.4. The van der Waals surface area contributed by atoms with Crippen molar-refractivity contribution in [1.29, 1.82) is 0 Å². The van der Waals surface area contributed by atoms with Gasteiger partial charge in [0.25, 0.3) is 0 Å². The van der Waals surface area contributed by atoms with Gasteiger partial charge < -0.3 is 13.9 Å². The first kappa shape index (κ1) is 19.8. The maximum atomic E-state index is 12.1. The number of nitrogens with one attached hydrogen (secondary N) is 1. The Balaban J connectivity index is 1.61. The number of hydrogen-bond acceptors (Lipinski definition) is 4. The Kier molecular flexibility index (Phi) is 5.79. The molecule has 1 aliphatic heterocycles. The predicted molar refractivity (Wildman–Crippen MR) is 113 cm³/mol. The number of hydrogen-bond donors (Lipinski definition) is 1. The number of halogens is 1. The van der Waals surface area contributed by atoms with Crippen LogP contribution in [0, 0.1) is 0 Å². The Morgan fingerprint density at radius 2 is 1.97 bits per heavy atom. The van der Waals surface area contributed by atoms with Gasteiger partial charge in [-0.05, 0) is 35.7 Å². The van der Waals surface area contributed by atoms with Gasteiger partial charge in [-0.3, -0.25) is 4.90 Å². The summed E-state index contributed by atoms with van der Waals surface area (Å²) in [5.41, 5.74) is 3.40. The molecule has 0 radical (unpaired) electrons. The second-order valence-corrected chi connectivity index (χ2v) is 7.85. The van der Waals surface area contributed by atoms with Gasteiger partial charge in [0.15, 0.2) is 11.3 Å². The van der Waals surface area contributed by atoms with Crippen LogP contribution in [0.4, 0.5) is 0 Å². The van der Waals surface area contributed by atoms with Crippen LogP contribution in [0.1, 0.15) is 30.0 Å². The number of quaternary nitrogens is 1. The van der Waals surface area contributed by atoms with Gasteiger partial charge in [-0.1, -0.05) is 37.1 Å². The zero-order chi connectivity index (χ0) is 20.4. The van der Waals surface area contributed by atoms with E-state index in [0.717, 1.165) is 48.1 Å². The Labute approximate surface area is 174 Å². The number of aryl methyl sites for hydroxylation is 1. The van der Waals surface area contributed by atoms with E-state index in [0.29, 0.717) is 29.6 Å². The Hall–Kier alpha value is -2.50. The van der Waals surface area contributed by atoms with E-state index in [4.69, 9.17) is 25.5 Å². The van der Waals surface area contributed by atoms with Gasteiger partial charge in [-0.25, -0.2) is 4.79 Å². The summed E-state index contributed by atoms with van der Waals surface area (Å²) < 4.78 is 16.8. The molecular formula is C23H25ClNO4+. The molecule has 2 heterocycles. The lowest BCUT2D eigenvalue weighted by atomic mass is 10.0. The zero-order valence-corrected chi connectivity index (χ0v) is 17.5. The van der Waals surface area contributed by atoms with E-state index in [1.807, 2.05) is 18.2 Å². The van der Waals surface area contributed by atoms with E-state index >= 15 is 0 Å². The summed E-state index contributed by atoms with van der Waals surface area (Å²) in [5.74, 6) is 1.50. The number of benzene rings is 2. The Morgan fingerprint density at radius 1 is 1.17 bits per heavy atom. The molecule has 29 heavy (non-hydrogen) atoms. The van der Waals surface area contributed by atoms with Gasteiger partial charge in [-0.2, -0.15) is 0 Å². The number of ether oxygens (including phenoxy) is 2. The Morgan fingerprint density at radius 3 is 2.69 bits per heavy atom. The van der Waals surface area contributed by atoms with Crippen LogP contribution in [0.25, 0.3) is 11.0 Å². The molecule has 0 fully saturated rings. The molecule has 1 aliphatic rings. The van der Waals surface area contributed by atoms with E-state index in [9.17, 15) is 4.79 Å². The monoisotopic (exact) mass is 414 g/mol. The first-order valence-electron chi connectivity index (χ1n) is 9.96. The predicted octanol–water partition coefficient (Wildman–Crippen LogP) is 3.39. The van der Waals surface area contributed by atoms with Crippen molar-refractivity contribution in [1.82, 2.24) is 0 Å². The molecule has 152 valence electrons. The standard InChI is InChI=1S/C23H24ClNO4/c1-3-4-16-11-21(26)29-22-18(16)12-20(24)23-19(22)13-25(14-28-23)10-9-15-5-7-17(27-2)8-6-15/h5-8,11-12H,3-4,9-10,13-14H2,1-2H3/p+1. The van der Waals surface area contributed by atoms with Gasteiger partial charge >= 0.3 is 5.63 Å². The fourth-order valence-corrected chi connectivity index (χ4v) is 4.19. The highest BCUT2D eigenvalue weighted by Gasteiger charge is 2.27. The third-order valence-electron chi connectivity index (χ3n) is 5.41. The van der Waals surface area contributed by atoms with E-state index in [1.54, 1.807) is 13.2 Å². The van der Waals surface area contributed by atoms with E-state index in [1.165, 1.54) is 10.5 Å². The second kappa shape index (κ2) is 8.47. The highest BCUT2D eigenvalue weighted by molar-refractivity contribution is 6.33. The summed E-state index contributed by atoms with van der Waals surface area (Å²) in [5, 5.41) is 1.49. The fraction of sp³-hybridized carbons (Fsp3) is 0.348. The molecule has 0 spiro atoms. The van der Waals surface area contributed by atoms with Crippen molar-refractivity contribution in [2.75, 3.05) is 20.4 Å². The van der Waals surface area contributed by atoms with Gasteiger partial charge in [0.1, 0.15) is 12.3 Å². The average molecular weight is 415 g/mol. The van der Waals surface area contributed by atoms with Crippen molar-refractivity contribution < 1.29 is 18.8 Å². The first-order valence-corrected chi connectivity index (χ1v) is 10.3. The van der Waals surface area contributed by atoms with Crippen molar-refractivity contribution in [3.63, 3.8) is 0 Å². The summed E-state index contributed by atoms with van der Waals surface area (Å²) in [6.07, 6.45) is 2.68. The maximum absolute atomic E-state index is 12.1. The van der Waals surface area contributed by atoms with E-state index in [-0.39, 0.29) is 5.63 Å². The smallest absolute Gasteiger partial charge is 0.336 e. The molecule has 0 saturated heterocycles. The van der Waals surface area contributed by atoms with Crippen molar-refractivity contribution in [2.45, 2.75) is 32.7 Å². The van der Waals surface area contributed by atoms with E-state index in [2.05, 4.69) is 19.1 Å².